The minimum Gasteiger partial charge on any atom is -0.495 e. The Morgan fingerprint density at radius 2 is 1.79 bits per heavy atom. The van der Waals surface area contributed by atoms with Gasteiger partial charge in [0.25, 0.3) is 10.0 Å². The van der Waals surface area contributed by atoms with Gasteiger partial charge in [0.2, 0.25) is 0 Å². The molecule has 0 bridgehead atoms. The van der Waals surface area contributed by atoms with E-state index >= 15 is 0 Å². The maximum Gasteiger partial charge on any atom is 0.307 e. The molecule has 0 spiro atoms. The van der Waals surface area contributed by atoms with Gasteiger partial charge in [-0.25, -0.2) is 8.42 Å². The highest BCUT2D eigenvalue weighted by Gasteiger charge is 2.45. The molecule has 0 amide bonds. The number of fused-ring (bicyclic) bond motifs is 1. The minimum absolute atomic E-state index is 0.0786. The molecule has 0 aromatic heterocycles. The second kappa shape index (κ2) is 6.16. The fraction of sp³-hybridized carbons (Fsp3) is 0.235. The first-order valence-corrected chi connectivity index (χ1v) is 8.78. The van der Waals surface area contributed by atoms with Crippen LogP contribution in [0.15, 0.2) is 53.4 Å². The average molecular weight is 347 g/mol. The van der Waals surface area contributed by atoms with Crippen LogP contribution in [0.2, 0.25) is 0 Å². The lowest BCUT2D eigenvalue weighted by molar-refractivity contribution is -0.141. The van der Waals surface area contributed by atoms with E-state index in [4.69, 9.17) is 9.47 Å². The van der Waals surface area contributed by atoms with Crippen LogP contribution in [0.4, 0.5) is 5.69 Å². The first-order chi connectivity index (χ1) is 11.5. The van der Waals surface area contributed by atoms with Crippen LogP contribution in [-0.2, 0) is 19.6 Å². The van der Waals surface area contributed by atoms with E-state index in [0.29, 0.717) is 11.3 Å². The summed E-state index contributed by atoms with van der Waals surface area (Å²) in [6, 6.07) is 13.0. The molecule has 1 aliphatic rings. The van der Waals surface area contributed by atoms with Gasteiger partial charge in [0.15, 0.2) is 0 Å². The Morgan fingerprint density at radius 1 is 1.08 bits per heavy atom. The molecule has 0 radical (unpaired) electrons. The van der Waals surface area contributed by atoms with Crippen molar-refractivity contribution in [2.45, 2.75) is 17.4 Å². The summed E-state index contributed by atoms with van der Waals surface area (Å²) >= 11 is 0. The van der Waals surface area contributed by atoms with Crippen molar-refractivity contribution in [3.8, 4) is 5.75 Å². The quantitative estimate of drug-likeness (QED) is 0.795. The standard InChI is InChI=1S/C17H17NO5S/c1-22-15-10-6-9-13-14(11-16(19)23-2)18(24(20,21)17(13)15)12-7-4-3-5-8-12/h3-10,14H,11H2,1-2H3. The van der Waals surface area contributed by atoms with Gasteiger partial charge in [-0.3, -0.25) is 9.10 Å². The van der Waals surface area contributed by atoms with Crippen LogP contribution in [0, 0.1) is 0 Å². The summed E-state index contributed by atoms with van der Waals surface area (Å²) in [6.45, 7) is 0. The Kier molecular flexibility index (Phi) is 4.19. The van der Waals surface area contributed by atoms with Crippen molar-refractivity contribution in [1.82, 2.24) is 0 Å². The normalized spacial score (nSPS) is 18.1. The molecule has 7 heteroatoms. The van der Waals surface area contributed by atoms with Gasteiger partial charge in [-0.15, -0.1) is 0 Å². The van der Waals surface area contributed by atoms with Crippen LogP contribution in [0.25, 0.3) is 0 Å². The smallest absolute Gasteiger partial charge is 0.307 e. The number of anilines is 1. The maximum absolute atomic E-state index is 13.1. The predicted octanol–water partition coefficient (Wildman–Crippen LogP) is 2.51. The number of esters is 1. The third kappa shape index (κ3) is 2.50. The summed E-state index contributed by atoms with van der Waals surface area (Å²) in [4.78, 5) is 11.9. The topological polar surface area (TPSA) is 72.9 Å². The number of hydrogen-bond acceptors (Lipinski definition) is 5. The zero-order valence-electron chi connectivity index (χ0n) is 13.3. The van der Waals surface area contributed by atoms with Crippen LogP contribution < -0.4 is 9.04 Å². The van der Waals surface area contributed by atoms with Gasteiger partial charge in [0.1, 0.15) is 10.6 Å². The third-order valence-corrected chi connectivity index (χ3v) is 5.92. The van der Waals surface area contributed by atoms with E-state index in [-0.39, 0.29) is 17.1 Å². The number of ether oxygens (including phenoxy) is 2. The Bertz CT molecular complexity index is 864. The number of rotatable bonds is 4. The summed E-state index contributed by atoms with van der Waals surface area (Å²) in [5, 5.41) is 0. The highest BCUT2D eigenvalue weighted by Crippen LogP contribution is 2.47. The largest absolute Gasteiger partial charge is 0.495 e. The fourth-order valence-corrected chi connectivity index (χ4v) is 4.98. The number of para-hydroxylation sites is 1. The number of methoxy groups -OCH3 is 2. The number of carbonyl (C=O) groups excluding carboxylic acids is 1. The Balaban J connectivity index is 2.22. The van der Waals surface area contributed by atoms with Crippen LogP contribution in [0.3, 0.4) is 0 Å². The number of carbonyl (C=O) groups is 1. The summed E-state index contributed by atoms with van der Waals surface area (Å²) in [7, 11) is -1.14. The lowest BCUT2D eigenvalue weighted by Crippen LogP contribution is -2.29. The van der Waals surface area contributed by atoms with Crippen LogP contribution in [0.1, 0.15) is 18.0 Å². The van der Waals surface area contributed by atoms with Crippen molar-refractivity contribution >= 4 is 21.7 Å². The molecule has 2 aromatic carbocycles. The highest BCUT2D eigenvalue weighted by molar-refractivity contribution is 7.93. The zero-order valence-corrected chi connectivity index (χ0v) is 14.1. The molecule has 24 heavy (non-hydrogen) atoms. The van der Waals surface area contributed by atoms with Crippen molar-refractivity contribution in [3.63, 3.8) is 0 Å². The molecule has 3 rings (SSSR count). The zero-order chi connectivity index (χ0) is 17.3. The van der Waals surface area contributed by atoms with E-state index in [0.717, 1.165) is 0 Å². The number of hydrogen-bond donors (Lipinski definition) is 0. The fourth-order valence-electron chi connectivity index (χ4n) is 2.95. The van der Waals surface area contributed by atoms with Gasteiger partial charge in [-0.2, -0.15) is 0 Å². The molecule has 1 aliphatic heterocycles. The highest BCUT2D eigenvalue weighted by atomic mass is 32.2. The van der Waals surface area contributed by atoms with E-state index in [2.05, 4.69) is 0 Å². The SMILES string of the molecule is COC(=O)CC1c2cccc(OC)c2S(=O)(=O)N1c1ccccc1. The summed E-state index contributed by atoms with van der Waals surface area (Å²) < 4.78 is 37.5. The molecular weight excluding hydrogens is 330 g/mol. The second-order valence-electron chi connectivity index (χ2n) is 5.31. The van der Waals surface area contributed by atoms with Gasteiger partial charge in [-0.1, -0.05) is 30.3 Å². The van der Waals surface area contributed by atoms with Gasteiger partial charge < -0.3 is 9.47 Å². The minimum atomic E-state index is -3.84. The van der Waals surface area contributed by atoms with Gasteiger partial charge >= 0.3 is 5.97 Å². The number of benzene rings is 2. The lowest BCUT2D eigenvalue weighted by Gasteiger charge is -2.24. The van der Waals surface area contributed by atoms with Gasteiger partial charge in [-0.05, 0) is 18.2 Å². The van der Waals surface area contributed by atoms with Crippen molar-refractivity contribution < 1.29 is 22.7 Å². The molecule has 0 N–H and O–H groups in total. The average Bonchev–Trinajstić information content (AvgIpc) is 2.82. The third-order valence-electron chi connectivity index (χ3n) is 3.99. The van der Waals surface area contributed by atoms with Crippen LogP contribution in [0.5, 0.6) is 5.75 Å². The van der Waals surface area contributed by atoms with E-state index in [1.165, 1.54) is 18.5 Å². The van der Waals surface area contributed by atoms with E-state index in [1.807, 2.05) is 0 Å². The Labute approximate surface area is 140 Å². The van der Waals surface area contributed by atoms with Crippen molar-refractivity contribution in [2.24, 2.45) is 0 Å². The molecule has 0 saturated carbocycles. The molecule has 0 aliphatic carbocycles. The van der Waals surface area contributed by atoms with E-state index in [9.17, 15) is 13.2 Å². The van der Waals surface area contributed by atoms with Crippen molar-refractivity contribution in [1.29, 1.82) is 0 Å². The van der Waals surface area contributed by atoms with Gasteiger partial charge in [0, 0.05) is 5.56 Å². The number of nitrogens with zero attached hydrogens (tertiary/aromatic N) is 1. The first kappa shape index (κ1) is 16.3. The summed E-state index contributed by atoms with van der Waals surface area (Å²) in [5.41, 5.74) is 1.02. The molecular formula is C17H17NO5S. The monoisotopic (exact) mass is 347 g/mol. The Hall–Kier alpha value is -2.54. The predicted molar refractivity (Wildman–Crippen MR) is 88.5 cm³/mol. The van der Waals surface area contributed by atoms with Crippen molar-refractivity contribution in [3.05, 3.63) is 54.1 Å². The molecule has 1 heterocycles. The van der Waals surface area contributed by atoms with Crippen molar-refractivity contribution in [2.75, 3.05) is 18.5 Å². The molecule has 0 fully saturated rings. The second-order valence-corrected chi connectivity index (χ2v) is 7.06. The van der Waals surface area contributed by atoms with Crippen LogP contribution in [-0.4, -0.2) is 28.6 Å². The Morgan fingerprint density at radius 3 is 2.42 bits per heavy atom. The lowest BCUT2D eigenvalue weighted by atomic mass is 10.0. The molecule has 126 valence electrons. The molecule has 2 aromatic rings. The van der Waals surface area contributed by atoms with E-state index < -0.39 is 22.0 Å². The first-order valence-electron chi connectivity index (χ1n) is 7.34. The van der Waals surface area contributed by atoms with Gasteiger partial charge in [0.05, 0.1) is 32.4 Å². The number of sulfonamides is 1. The summed E-state index contributed by atoms with van der Waals surface area (Å²) in [6.07, 6.45) is -0.0786. The molecule has 1 atom stereocenters. The summed E-state index contributed by atoms with van der Waals surface area (Å²) in [5.74, 6) is -0.215. The van der Waals surface area contributed by atoms with E-state index in [1.54, 1.807) is 48.5 Å². The molecule has 1 unspecified atom stereocenters. The molecule has 0 saturated heterocycles. The van der Waals surface area contributed by atoms with Crippen LogP contribution >= 0.6 is 0 Å². The molecule has 6 nitrogen and oxygen atoms in total. The maximum atomic E-state index is 13.1.